The molecule has 2 aromatic rings. The average molecular weight is 270 g/mol. The van der Waals surface area contributed by atoms with Crippen LogP contribution in [0.15, 0.2) is 30.5 Å². The van der Waals surface area contributed by atoms with Crippen molar-refractivity contribution in [2.24, 2.45) is 0 Å². The Morgan fingerprint density at radius 1 is 1.26 bits per heavy atom. The van der Waals surface area contributed by atoms with Crippen molar-refractivity contribution in [2.45, 2.75) is 13.1 Å². The molecule has 0 amide bonds. The van der Waals surface area contributed by atoms with E-state index in [2.05, 4.69) is 5.10 Å². The van der Waals surface area contributed by atoms with E-state index in [1.54, 1.807) is 19.2 Å². The van der Waals surface area contributed by atoms with Crippen LogP contribution in [0.1, 0.15) is 11.3 Å². The minimum atomic E-state index is -4.48. The zero-order valence-corrected chi connectivity index (χ0v) is 10.3. The first-order valence-corrected chi connectivity index (χ1v) is 5.44. The first-order chi connectivity index (χ1) is 8.79. The lowest BCUT2D eigenvalue weighted by Crippen LogP contribution is -2.13. The van der Waals surface area contributed by atoms with Gasteiger partial charge in [-0.05, 0) is 38.2 Å². The SMILES string of the molecule is Cc1ccn(-c2ccc(C(F)(F)F)cc2N(C)[O-])n1. The maximum absolute atomic E-state index is 12.6. The van der Waals surface area contributed by atoms with E-state index < -0.39 is 11.7 Å². The largest absolute Gasteiger partial charge is 0.758 e. The summed E-state index contributed by atoms with van der Waals surface area (Å²) in [5, 5.41) is 15.9. The number of hydroxylamine groups is 1. The van der Waals surface area contributed by atoms with Gasteiger partial charge in [0.25, 0.3) is 0 Å². The first kappa shape index (κ1) is 13.4. The quantitative estimate of drug-likeness (QED) is 0.787. The van der Waals surface area contributed by atoms with Gasteiger partial charge in [0.2, 0.25) is 0 Å². The lowest BCUT2D eigenvalue weighted by Gasteiger charge is -2.28. The van der Waals surface area contributed by atoms with Crippen LogP contribution in [0.2, 0.25) is 0 Å². The lowest BCUT2D eigenvalue weighted by atomic mass is 10.1. The van der Waals surface area contributed by atoms with Crippen molar-refractivity contribution in [3.63, 3.8) is 0 Å². The predicted molar refractivity (Wildman–Crippen MR) is 65.1 cm³/mol. The van der Waals surface area contributed by atoms with Crippen LogP contribution in [0.4, 0.5) is 18.9 Å². The number of anilines is 1. The number of aromatic nitrogens is 2. The summed E-state index contributed by atoms with van der Waals surface area (Å²) in [6, 6.07) is 4.68. The van der Waals surface area contributed by atoms with Gasteiger partial charge in [0.05, 0.1) is 22.6 Å². The summed E-state index contributed by atoms with van der Waals surface area (Å²) in [6.45, 7) is 1.75. The van der Waals surface area contributed by atoms with Crippen LogP contribution in [0, 0.1) is 12.1 Å². The summed E-state index contributed by atoms with van der Waals surface area (Å²) in [7, 11) is 1.15. The zero-order chi connectivity index (χ0) is 14.2. The highest BCUT2D eigenvalue weighted by Crippen LogP contribution is 2.34. The molecule has 0 aliphatic heterocycles. The highest BCUT2D eigenvalue weighted by molar-refractivity contribution is 5.64. The number of aryl methyl sites for hydroxylation is 1. The maximum atomic E-state index is 12.6. The van der Waals surface area contributed by atoms with Gasteiger partial charge in [-0.2, -0.15) is 18.3 Å². The average Bonchev–Trinajstić information content (AvgIpc) is 2.73. The number of hydrogen-bond acceptors (Lipinski definition) is 3. The molecule has 0 atom stereocenters. The minimum absolute atomic E-state index is 0.0853. The number of hydrogen-bond donors (Lipinski definition) is 0. The summed E-state index contributed by atoms with van der Waals surface area (Å²) >= 11 is 0. The molecule has 1 heterocycles. The van der Waals surface area contributed by atoms with E-state index in [4.69, 9.17) is 0 Å². The molecule has 0 fully saturated rings. The first-order valence-electron chi connectivity index (χ1n) is 5.44. The number of halogens is 3. The fourth-order valence-electron chi connectivity index (χ4n) is 1.69. The molecule has 0 aliphatic carbocycles. The minimum Gasteiger partial charge on any atom is -0.758 e. The maximum Gasteiger partial charge on any atom is 0.416 e. The van der Waals surface area contributed by atoms with Crippen molar-refractivity contribution in [3.05, 3.63) is 46.9 Å². The van der Waals surface area contributed by atoms with E-state index in [0.29, 0.717) is 16.4 Å². The summed E-state index contributed by atoms with van der Waals surface area (Å²) < 4.78 is 39.3. The molecule has 4 nitrogen and oxygen atoms in total. The van der Waals surface area contributed by atoms with Gasteiger partial charge >= 0.3 is 6.18 Å². The van der Waals surface area contributed by atoms with Gasteiger partial charge in [-0.1, -0.05) is 0 Å². The van der Waals surface area contributed by atoms with Crippen LogP contribution in [-0.2, 0) is 6.18 Å². The third-order valence-electron chi connectivity index (χ3n) is 2.61. The number of rotatable bonds is 2. The van der Waals surface area contributed by atoms with Crippen LogP contribution >= 0.6 is 0 Å². The second kappa shape index (κ2) is 4.58. The van der Waals surface area contributed by atoms with Gasteiger partial charge in [-0.15, -0.1) is 0 Å². The highest BCUT2D eigenvalue weighted by Gasteiger charge is 2.31. The monoisotopic (exact) mass is 270 g/mol. The molecule has 0 bridgehead atoms. The molecule has 19 heavy (non-hydrogen) atoms. The van der Waals surface area contributed by atoms with Crippen LogP contribution in [-0.4, -0.2) is 16.8 Å². The Labute approximate surface area is 107 Å². The fraction of sp³-hybridized carbons (Fsp3) is 0.250. The van der Waals surface area contributed by atoms with E-state index in [-0.39, 0.29) is 5.69 Å². The Hall–Kier alpha value is -2.02. The molecule has 0 N–H and O–H groups in total. The Bertz CT molecular complexity index is 590. The van der Waals surface area contributed by atoms with Crippen molar-refractivity contribution >= 4 is 5.69 Å². The molecular formula is C12H11F3N3O-. The van der Waals surface area contributed by atoms with Crippen molar-refractivity contribution in [1.82, 2.24) is 9.78 Å². The molecular weight excluding hydrogens is 259 g/mol. The predicted octanol–water partition coefficient (Wildman–Crippen LogP) is 3.13. The zero-order valence-electron chi connectivity index (χ0n) is 10.3. The van der Waals surface area contributed by atoms with Gasteiger partial charge in [0.15, 0.2) is 0 Å². The molecule has 7 heteroatoms. The van der Waals surface area contributed by atoms with Crippen LogP contribution < -0.4 is 5.06 Å². The van der Waals surface area contributed by atoms with Crippen molar-refractivity contribution in [3.8, 4) is 5.69 Å². The van der Waals surface area contributed by atoms with E-state index in [1.807, 2.05) is 0 Å². The molecule has 1 aromatic carbocycles. The highest BCUT2D eigenvalue weighted by atomic mass is 19.4. The van der Waals surface area contributed by atoms with Crippen molar-refractivity contribution in [1.29, 1.82) is 0 Å². The van der Waals surface area contributed by atoms with Gasteiger partial charge < -0.3 is 10.3 Å². The van der Waals surface area contributed by atoms with Crippen LogP contribution in [0.5, 0.6) is 0 Å². The normalized spacial score (nSPS) is 11.7. The van der Waals surface area contributed by atoms with Gasteiger partial charge in [0.1, 0.15) is 0 Å². The van der Waals surface area contributed by atoms with Crippen LogP contribution in [0.25, 0.3) is 5.69 Å². The molecule has 0 aliphatic rings. The molecule has 0 saturated carbocycles. The molecule has 0 radical (unpaired) electrons. The van der Waals surface area contributed by atoms with Gasteiger partial charge in [-0.25, -0.2) is 4.68 Å². The standard InChI is InChI=1S/C12H11F3N3O/c1-8-5-6-18(16-8)10-4-3-9(12(13,14)15)7-11(10)17(2)19/h3-7H,1-2H3/q-1. The van der Waals surface area contributed by atoms with Crippen LogP contribution in [0.3, 0.4) is 0 Å². The van der Waals surface area contributed by atoms with Crippen molar-refractivity contribution < 1.29 is 13.2 Å². The Kier molecular flexibility index (Phi) is 3.23. The second-order valence-corrected chi connectivity index (χ2v) is 4.10. The number of alkyl halides is 3. The second-order valence-electron chi connectivity index (χ2n) is 4.10. The fourth-order valence-corrected chi connectivity index (χ4v) is 1.69. The molecule has 2 rings (SSSR count). The smallest absolute Gasteiger partial charge is 0.416 e. The van der Waals surface area contributed by atoms with E-state index >= 15 is 0 Å². The summed E-state index contributed by atoms with van der Waals surface area (Å²) in [5.41, 5.74) is 0.0637. The molecule has 1 aromatic heterocycles. The Morgan fingerprint density at radius 2 is 1.95 bits per heavy atom. The molecule has 0 saturated heterocycles. The topological polar surface area (TPSA) is 44.1 Å². The van der Waals surface area contributed by atoms with E-state index in [1.165, 1.54) is 10.7 Å². The Balaban J connectivity index is 2.56. The van der Waals surface area contributed by atoms with E-state index in [0.717, 1.165) is 19.2 Å². The molecule has 0 unspecified atom stereocenters. The Morgan fingerprint density at radius 3 is 2.42 bits per heavy atom. The third kappa shape index (κ3) is 2.70. The number of nitrogens with zero attached hydrogens (tertiary/aromatic N) is 3. The summed E-state index contributed by atoms with van der Waals surface area (Å²) in [5.74, 6) is 0. The van der Waals surface area contributed by atoms with Gasteiger partial charge in [0, 0.05) is 6.20 Å². The molecule has 102 valence electrons. The number of benzene rings is 1. The summed E-state index contributed by atoms with van der Waals surface area (Å²) in [6.07, 6.45) is -2.89. The van der Waals surface area contributed by atoms with E-state index in [9.17, 15) is 18.4 Å². The lowest BCUT2D eigenvalue weighted by molar-refractivity contribution is -0.137. The van der Waals surface area contributed by atoms with Crippen molar-refractivity contribution in [2.75, 3.05) is 12.1 Å². The summed E-state index contributed by atoms with van der Waals surface area (Å²) in [4.78, 5) is 0. The third-order valence-corrected chi connectivity index (χ3v) is 2.61. The van der Waals surface area contributed by atoms with Gasteiger partial charge in [-0.3, -0.25) is 0 Å². The molecule has 0 spiro atoms.